The van der Waals surface area contributed by atoms with E-state index in [-0.39, 0.29) is 22.7 Å². The summed E-state index contributed by atoms with van der Waals surface area (Å²) < 4.78 is 19.2. The molecule has 1 aliphatic rings. The normalized spacial score (nSPS) is 16.9. The molecular formula is C18H12FNO3. The van der Waals surface area contributed by atoms with Crippen molar-refractivity contribution >= 4 is 16.9 Å². The maximum atomic E-state index is 13.6. The third-order valence-corrected chi connectivity index (χ3v) is 4.17. The van der Waals surface area contributed by atoms with Crippen LogP contribution in [0.5, 0.6) is 0 Å². The highest BCUT2D eigenvalue weighted by Gasteiger charge is 2.40. The molecule has 4 rings (SSSR count). The standard InChI is InChI=1S/C18H12FNO3/c1-20-15(10-5-4-6-11(19)9-10)14-16(21)12-7-2-3-8-13(12)23-17(14)18(20)22/h2-9,15H,1H3/t15-/m0/s1. The van der Waals surface area contributed by atoms with E-state index in [9.17, 15) is 14.0 Å². The highest BCUT2D eigenvalue weighted by atomic mass is 19.1. The van der Waals surface area contributed by atoms with Crippen LogP contribution in [0.25, 0.3) is 11.0 Å². The van der Waals surface area contributed by atoms with E-state index < -0.39 is 11.9 Å². The Morgan fingerprint density at radius 2 is 1.87 bits per heavy atom. The number of para-hydroxylation sites is 1. The van der Waals surface area contributed by atoms with Crippen molar-refractivity contribution in [2.24, 2.45) is 0 Å². The molecule has 5 heteroatoms. The van der Waals surface area contributed by atoms with Gasteiger partial charge in [-0.05, 0) is 29.8 Å². The lowest BCUT2D eigenvalue weighted by atomic mass is 9.99. The summed E-state index contributed by atoms with van der Waals surface area (Å²) >= 11 is 0. The third-order valence-electron chi connectivity index (χ3n) is 4.17. The van der Waals surface area contributed by atoms with Crippen molar-refractivity contribution in [2.75, 3.05) is 7.05 Å². The molecule has 1 atom stereocenters. The Labute approximate surface area is 130 Å². The van der Waals surface area contributed by atoms with E-state index in [0.29, 0.717) is 16.5 Å². The zero-order chi connectivity index (χ0) is 16.1. The molecule has 0 saturated carbocycles. The van der Waals surface area contributed by atoms with Crippen molar-refractivity contribution in [1.82, 2.24) is 4.90 Å². The lowest BCUT2D eigenvalue weighted by molar-refractivity contribution is 0.0771. The Kier molecular flexibility index (Phi) is 2.84. The number of carbonyl (C=O) groups excluding carboxylic acids is 1. The first-order chi connectivity index (χ1) is 11.1. The van der Waals surface area contributed by atoms with Gasteiger partial charge in [-0.3, -0.25) is 9.59 Å². The lowest BCUT2D eigenvalue weighted by Crippen LogP contribution is -2.25. The van der Waals surface area contributed by atoms with E-state index in [0.717, 1.165) is 0 Å². The smallest absolute Gasteiger partial charge is 0.290 e. The van der Waals surface area contributed by atoms with Crippen molar-refractivity contribution in [1.29, 1.82) is 0 Å². The molecule has 0 saturated heterocycles. The van der Waals surface area contributed by atoms with Crippen LogP contribution in [0.2, 0.25) is 0 Å². The van der Waals surface area contributed by atoms with E-state index in [1.807, 2.05) is 0 Å². The fourth-order valence-corrected chi connectivity index (χ4v) is 3.10. The molecule has 1 aromatic heterocycles. The number of amides is 1. The SMILES string of the molecule is CN1C(=O)c2oc3ccccc3c(=O)c2[C@@H]1c1cccc(F)c1. The van der Waals surface area contributed by atoms with Crippen molar-refractivity contribution < 1.29 is 13.6 Å². The van der Waals surface area contributed by atoms with Gasteiger partial charge in [0.2, 0.25) is 5.76 Å². The number of halogens is 1. The summed E-state index contributed by atoms with van der Waals surface area (Å²) in [6.45, 7) is 0. The largest absolute Gasteiger partial charge is 0.450 e. The van der Waals surface area contributed by atoms with Crippen molar-refractivity contribution in [3.05, 3.63) is 81.5 Å². The molecular weight excluding hydrogens is 297 g/mol. The first-order valence-electron chi connectivity index (χ1n) is 7.16. The zero-order valence-electron chi connectivity index (χ0n) is 12.2. The fourth-order valence-electron chi connectivity index (χ4n) is 3.10. The van der Waals surface area contributed by atoms with Crippen molar-refractivity contribution in [3.63, 3.8) is 0 Å². The van der Waals surface area contributed by atoms with Gasteiger partial charge in [0.05, 0.1) is 17.0 Å². The second kappa shape index (κ2) is 4.78. The number of hydrogen-bond donors (Lipinski definition) is 0. The molecule has 0 bridgehead atoms. The van der Waals surface area contributed by atoms with Crippen LogP contribution < -0.4 is 5.43 Å². The average molecular weight is 309 g/mol. The highest BCUT2D eigenvalue weighted by Crippen LogP contribution is 2.36. The van der Waals surface area contributed by atoms with Gasteiger partial charge in [0, 0.05) is 7.05 Å². The second-order valence-electron chi connectivity index (χ2n) is 5.54. The van der Waals surface area contributed by atoms with Gasteiger partial charge in [-0.15, -0.1) is 0 Å². The Bertz CT molecular complexity index is 1010. The molecule has 0 radical (unpaired) electrons. The predicted molar refractivity (Wildman–Crippen MR) is 82.8 cm³/mol. The summed E-state index contributed by atoms with van der Waals surface area (Å²) in [5.41, 5.74) is 0.927. The Hall–Kier alpha value is -2.95. The zero-order valence-corrected chi connectivity index (χ0v) is 12.2. The monoisotopic (exact) mass is 309 g/mol. The van der Waals surface area contributed by atoms with Gasteiger partial charge >= 0.3 is 0 Å². The van der Waals surface area contributed by atoms with Crippen LogP contribution in [-0.4, -0.2) is 17.9 Å². The first-order valence-corrected chi connectivity index (χ1v) is 7.16. The summed E-state index contributed by atoms with van der Waals surface area (Å²) in [6, 6.07) is 12.1. The van der Waals surface area contributed by atoms with Crippen LogP contribution in [0.15, 0.2) is 57.7 Å². The quantitative estimate of drug-likeness (QED) is 0.694. The molecule has 0 aliphatic carbocycles. The minimum absolute atomic E-state index is 0.0328. The number of carbonyl (C=O) groups is 1. The molecule has 0 N–H and O–H groups in total. The van der Waals surface area contributed by atoms with Gasteiger partial charge in [0.15, 0.2) is 5.43 Å². The molecule has 2 heterocycles. The second-order valence-corrected chi connectivity index (χ2v) is 5.54. The molecule has 2 aromatic carbocycles. The third kappa shape index (κ3) is 1.90. The minimum atomic E-state index is -0.644. The summed E-state index contributed by atoms with van der Waals surface area (Å²) in [6.07, 6.45) is 0. The summed E-state index contributed by atoms with van der Waals surface area (Å²) in [7, 11) is 1.58. The van der Waals surface area contributed by atoms with Gasteiger partial charge in [-0.2, -0.15) is 0 Å². The first kappa shape index (κ1) is 13.7. The Morgan fingerprint density at radius 3 is 2.65 bits per heavy atom. The maximum Gasteiger partial charge on any atom is 0.290 e. The number of benzene rings is 2. The molecule has 23 heavy (non-hydrogen) atoms. The molecule has 3 aromatic rings. The lowest BCUT2D eigenvalue weighted by Gasteiger charge is -2.20. The van der Waals surface area contributed by atoms with Crippen LogP contribution >= 0.6 is 0 Å². The summed E-state index contributed by atoms with van der Waals surface area (Å²) in [4.78, 5) is 26.7. The van der Waals surface area contributed by atoms with E-state index in [4.69, 9.17) is 4.42 Å². The van der Waals surface area contributed by atoms with Crippen LogP contribution in [0.4, 0.5) is 4.39 Å². The van der Waals surface area contributed by atoms with Gasteiger partial charge in [-0.25, -0.2) is 4.39 Å². The van der Waals surface area contributed by atoms with E-state index >= 15 is 0 Å². The summed E-state index contributed by atoms with van der Waals surface area (Å²) in [5, 5.41) is 0.413. The number of rotatable bonds is 1. The van der Waals surface area contributed by atoms with Crippen LogP contribution in [-0.2, 0) is 0 Å². The Balaban J connectivity index is 2.05. The fraction of sp³-hybridized carbons (Fsp3) is 0.111. The molecule has 0 fully saturated rings. The molecule has 114 valence electrons. The van der Waals surface area contributed by atoms with Crippen LogP contribution in [0.1, 0.15) is 27.7 Å². The van der Waals surface area contributed by atoms with Gasteiger partial charge in [0.1, 0.15) is 11.4 Å². The minimum Gasteiger partial charge on any atom is -0.450 e. The van der Waals surface area contributed by atoms with Gasteiger partial charge in [-0.1, -0.05) is 24.3 Å². The van der Waals surface area contributed by atoms with E-state index in [1.165, 1.54) is 17.0 Å². The summed E-state index contributed by atoms with van der Waals surface area (Å²) in [5.74, 6) is -0.760. The van der Waals surface area contributed by atoms with Crippen molar-refractivity contribution in [3.8, 4) is 0 Å². The van der Waals surface area contributed by atoms with E-state index in [1.54, 1.807) is 43.4 Å². The van der Waals surface area contributed by atoms with Gasteiger partial charge < -0.3 is 9.32 Å². The number of hydrogen-bond acceptors (Lipinski definition) is 3. The number of fused-ring (bicyclic) bond motifs is 2. The molecule has 0 unspecified atom stereocenters. The number of nitrogens with zero attached hydrogens (tertiary/aromatic N) is 1. The molecule has 1 amide bonds. The predicted octanol–water partition coefficient (Wildman–Crippen LogP) is 3.11. The van der Waals surface area contributed by atoms with E-state index in [2.05, 4.69) is 0 Å². The molecule has 4 nitrogen and oxygen atoms in total. The topological polar surface area (TPSA) is 50.5 Å². The van der Waals surface area contributed by atoms with Crippen LogP contribution in [0.3, 0.4) is 0 Å². The molecule has 0 spiro atoms. The van der Waals surface area contributed by atoms with Crippen LogP contribution in [0, 0.1) is 5.82 Å². The Morgan fingerprint density at radius 1 is 1.09 bits per heavy atom. The maximum absolute atomic E-state index is 13.6. The average Bonchev–Trinajstić information content (AvgIpc) is 2.80. The highest BCUT2D eigenvalue weighted by molar-refractivity contribution is 5.98. The van der Waals surface area contributed by atoms with Gasteiger partial charge in [0.25, 0.3) is 5.91 Å². The van der Waals surface area contributed by atoms with Crippen molar-refractivity contribution in [2.45, 2.75) is 6.04 Å². The molecule has 1 aliphatic heterocycles.